The van der Waals surface area contributed by atoms with Crippen molar-refractivity contribution in [3.63, 3.8) is 0 Å². The van der Waals surface area contributed by atoms with Gasteiger partial charge in [0.15, 0.2) is 11.3 Å². The van der Waals surface area contributed by atoms with Gasteiger partial charge >= 0.3 is 6.09 Å². The van der Waals surface area contributed by atoms with Crippen LogP contribution in [0.1, 0.15) is 84.3 Å². The van der Waals surface area contributed by atoms with Crippen molar-refractivity contribution >= 4 is 52.0 Å². The third-order valence-electron chi connectivity index (χ3n) is 13.8. The zero-order valence-corrected chi connectivity index (χ0v) is 42.6. The summed E-state index contributed by atoms with van der Waals surface area (Å²) in [5.74, 6) is 3.59. The van der Waals surface area contributed by atoms with Crippen LogP contribution in [0.4, 0.5) is 39.4 Å². The average Bonchev–Trinajstić information content (AvgIpc) is 4.25. The minimum Gasteiger partial charge on any atom is -0.444 e. The number of amides is 1. The Balaban J connectivity index is 0.000000178. The summed E-state index contributed by atoms with van der Waals surface area (Å²) >= 11 is 0. The number of likely N-dealkylation sites (tertiary alicyclic amines) is 1. The Hall–Kier alpha value is -7.63. The first kappa shape index (κ1) is 49.0. The molecule has 3 fully saturated rings. The number of nitrogens with zero attached hydrogens (tertiary/aromatic N) is 11. The van der Waals surface area contributed by atoms with Gasteiger partial charge in [-0.2, -0.15) is 10.2 Å². The quantitative estimate of drug-likeness (QED) is 0.0907. The number of hydrogen-bond acceptors (Lipinski definition) is 14. The lowest BCUT2D eigenvalue weighted by Gasteiger charge is -2.33. The van der Waals surface area contributed by atoms with Crippen LogP contribution in [0.5, 0.6) is 0 Å². The Morgan fingerprint density at radius 3 is 1.66 bits per heavy atom. The lowest BCUT2D eigenvalue weighted by atomic mass is 10.0. The van der Waals surface area contributed by atoms with Crippen molar-refractivity contribution < 1.29 is 9.53 Å². The number of nitrogens with two attached hydrogens (primary N) is 1. The molecule has 17 nitrogen and oxygen atoms in total. The van der Waals surface area contributed by atoms with E-state index in [0.29, 0.717) is 37.8 Å². The molecular formula is C56H67N15O2. The van der Waals surface area contributed by atoms with Crippen LogP contribution in [-0.4, -0.2) is 100 Å². The number of imidazole rings is 2. The van der Waals surface area contributed by atoms with Crippen LogP contribution in [0.3, 0.4) is 0 Å². The minimum absolute atomic E-state index is 0.223. The molecule has 2 aromatic carbocycles. The number of piperidine rings is 1. The van der Waals surface area contributed by atoms with E-state index in [9.17, 15) is 4.79 Å². The Bertz CT molecular complexity index is 3170. The van der Waals surface area contributed by atoms with Crippen LogP contribution in [0, 0.1) is 0 Å². The summed E-state index contributed by atoms with van der Waals surface area (Å²) < 4.78 is 9.14. The number of carbonyl (C=O) groups is 1. The second-order valence-corrected chi connectivity index (χ2v) is 20.4. The van der Waals surface area contributed by atoms with Gasteiger partial charge in [-0.05, 0) is 133 Å². The highest BCUT2D eigenvalue weighted by Gasteiger charge is 2.27. The lowest BCUT2D eigenvalue weighted by molar-refractivity contribution is 0.0198. The Morgan fingerprint density at radius 1 is 0.658 bits per heavy atom. The number of benzene rings is 2. The molecule has 0 spiro atoms. The van der Waals surface area contributed by atoms with Crippen molar-refractivity contribution in [3.8, 4) is 22.5 Å². The van der Waals surface area contributed by atoms with Crippen LogP contribution in [-0.2, 0) is 17.8 Å². The molecule has 6 aromatic heterocycles. The van der Waals surface area contributed by atoms with Crippen molar-refractivity contribution in [1.82, 2.24) is 49.4 Å². The molecule has 2 unspecified atom stereocenters. The normalized spacial score (nSPS) is 17.3. The monoisotopic (exact) mass is 982 g/mol. The van der Waals surface area contributed by atoms with Crippen LogP contribution in [0.2, 0.25) is 0 Å². The summed E-state index contributed by atoms with van der Waals surface area (Å²) in [6.07, 6.45) is 13.6. The number of carbonyl (C=O) groups excluding carboxylic acids is 1. The second-order valence-electron chi connectivity index (χ2n) is 20.4. The molecule has 3 aliphatic rings. The summed E-state index contributed by atoms with van der Waals surface area (Å²) in [5, 5.41) is 20.2. The third-order valence-corrected chi connectivity index (χ3v) is 13.8. The summed E-state index contributed by atoms with van der Waals surface area (Å²) in [7, 11) is 0. The highest BCUT2D eigenvalue weighted by molar-refractivity contribution is 5.79. The number of hydrogen-bond donors (Lipinski definition) is 4. The molecule has 11 rings (SSSR count). The summed E-state index contributed by atoms with van der Waals surface area (Å²) in [5.41, 5.74) is 14.6. The fourth-order valence-corrected chi connectivity index (χ4v) is 9.98. The summed E-state index contributed by atoms with van der Waals surface area (Å²) in [6, 6.07) is 34.3. The molecule has 0 aliphatic carbocycles. The molecule has 17 heteroatoms. The van der Waals surface area contributed by atoms with Gasteiger partial charge in [-0.25, -0.2) is 33.8 Å². The van der Waals surface area contributed by atoms with Crippen LogP contribution >= 0.6 is 0 Å². The predicted molar refractivity (Wildman–Crippen MR) is 290 cm³/mol. The number of nitrogens with one attached hydrogen (secondary N) is 3. The van der Waals surface area contributed by atoms with E-state index in [-0.39, 0.29) is 6.09 Å². The van der Waals surface area contributed by atoms with Gasteiger partial charge in [0.25, 0.3) is 0 Å². The van der Waals surface area contributed by atoms with Gasteiger partial charge in [0.1, 0.15) is 28.9 Å². The van der Waals surface area contributed by atoms with Crippen molar-refractivity contribution in [2.45, 2.75) is 110 Å². The number of rotatable bonds is 12. The molecule has 3 saturated heterocycles. The Kier molecular flexibility index (Phi) is 14.5. The molecule has 378 valence electrons. The zero-order chi connectivity index (χ0) is 50.5. The third kappa shape index (κ3) is 11.7. The van der Waals surface area contributed by atoms with E-state index >= 15 is 0 Å². The van der Waals surface area contributed by atoms with Crippen molar-refractivity contribution in [2.75, 3.05) is 46.6 Å². The van der Waals surface area contributed by atoms with Crippen molar-refractivity contribution in [3.05, 3.63) is 133 Å². The van der Waals surface area contributed by atoms with Crippen LogP contribution < -0.4 is 31.5 Å². The lowest BCUT2D eigenvalue weighted by Crippen LogP contribution is -2.46. The maximum Gasteiger partial charge on any atom is 0.410 e. The largest absolute Gasteiger partial charge is 0.444 e. The highest BCUT2D eigenvalue weighted by atomic mass is 16.6. The number of ether oxygens (including phenoxy) is 1. The molecular weight excluding hydrogens is 915 g/mol. The van der Waals surface area contributed by atoms with Gasteiger partial charge in [-0.1, -0.05) is 48.5 Å². The number of fused-ring (bicyclic) bond motifs is 2. The smallest absolute Gasteiger partial charge is 0.410 e. The number of aromatic nitrogens is 8. The van der Waals surface area contributed by atoms with Gasteiger partial charge in [-0.15, -0.1) is 0 Å². The summed E-state index contributed by atoms with van der Waals surface area (Å²) in [4.78, 5) is 37.8. The fourth-order valence-electron chi connectivity index (χ4n) is 9.98. The van der Waals surface area contributed by atoms with Crippen LogP contribution in [0.25, 0.3) is 33.8 Å². The van der Waals surface area contributed by atoms with E-state index in [1.807, 2.05) is 91.1 Å². The van der Waals surface area contributed by atoms with Gasteiger partial charge in [0.05, 0.1) is 22.8 Å². The van der Waals surface area contributed by atoms with Gasteiger partial charge in [-0.3, -0.25) is 0 Å². The molecule has 0 radical (unpaired) electrons. The van der Waals surface area contributed by atoms with E-state index < -0.39 is 5.60 Å². The van der Waals surface area contributed by atoms with E-state index in [0.717, 1.165) is 106 Å². The average molecular weight is 982 g/mol. The molecule has 2 atom stereocenters. The van der Waals surface area contributed by atoms with E-state index in [2.05, 4.69) is 98.1 Å². The molecule has 73 heavy (non-hydrogen) atoms. The SMILES string of the molecule is CC1CCCN1c1cccc(Nc2cc(-c3cccc(CN)c3)nn3ccnc23)n1.CC1CCCN1c1cccc(Nc2cc(-c3cccc(CNC4CCN(C(=O)OC(C)(C)C)CC4)c3)nn3ccnc23)n1. The Morgan fingerprint density at radius 2 is 1.16 bits per heavy atom. The van der Waals surface area contributed by atoms with Gasteiger partial charge in [0, 0.05) is 93.3 Å². The first-order valence-electron chi connectivity index (χ1n) is 25.7. The fraction of sp³-hybridized carbons (Fsp3) is 0.375. The summed E-state index contributed by atoms with van der Waals surface area (Å²) in [6.45, 7) is 15.0. The molecule has 9 heterocycles. The van der Waals surface area contributed by atoms with Gasteiger partial charge < -0.3 is 41.1 Å². The molecule has 8 aromatic rings. The second kappa shape index (κ2) is 21.6. The van der Waals surface area contributed by atoms with Crippen molar-refractivity contribution in [1.29, 1.82) is 0 Å². The first-order chi connectivity index (χ1) is 35.4. The van der Waals surface area contributed by atoms with E-state index in [4.69, 9.17) is 30.6 Å². The molecule has 0 saturated carbocycles. The maximum absolute atomic E-state index is 12.4. The minimum atomic E-state index is -0.473. The molecule has 5 N–H and O–H groups in total. The number of pyridine rings is 2. The zero-order valence-electron chi connectivity index (χ0n) is 42.6. The predicted octanol–water partition coefficient (Wildman–Crippen LogP) is 9.99. The van der Waals surface area contributed by atoms with Crippen molar-refractivity contribution in [2.24, 2.45) is 5.73 Å². The number of anilines is 6. The molecule has 1 amide bonds. The molecule has 0 bridgehead atoms. The standard InChI is InChI=1S/C33H42N8O2.C23H25N7/c1-23-8-7-16-40(23)30-12-6-11-29(37-30)36-28-21-27(38-41-19-15-34-31(28)41)25-10-5-9-24(20-25)22-35-26-13-17-39(18-14-26)32(42)43-33(2,3)4;1-16-5-4-11-29(16)22-9-3-8-21(27-22)26-20-14-19(28-30-12-10-25-23(20)30)18-7-2-6-17(13-18)15-24/h5-6,9-12,15,19-21,23,26,35H,7-8,13-14,16-18,22H2,1-4H3,(H,36,37);2-3,6-10,12-14,16H,4-5,11,15,24H2,1H3,(H,26,27). The topological polar surface area (TPSA) is 184 Å². The van der Waals surface area contributed by atoms with E-state index in [1.54, 1.807) is 16.9 Å². The first-order valence-corrected chi connectivity index (χ1v) is 25.7. The Labute approximate surface area is 427 Å². The maximum atomic E-state index is 12.4. The molecule has 3 aliphatic heterocycles. The van der Waals surface area contributed by atoms with E-state index in [1.165, 1.54) is 31.2 Å². The van der Waals surface area contributed by atoms with Crippen LogP contribution in [0.15, 0.2) is 122 Å². The van der Waals surface area contributed by atoms with Gasteiger partial charge in [0.2, 0.25) is 0 Å². The highest BCUT2D eigenvalue weighted by Crippen LogP contribution is 2.31.